The van der Waals surface area contributed by atoms with E-state index in [0.717, 1.165) is 105 Å². The lowest BCUT2D eigenvalue weighted by Gasteiger charge is -2.36. The monoisotopic (exact) mass is 1070 g/mol. The number of nitrogens with two attached hydrogens (primary N) is 1. The molecule has 4 amide bonds. The minimum atomic E-state index is -0.871. The maximum Gasteiger partial charge on any atom is 0.246 e. The van der Waals surface area contributed by atoms with Crippen LogP contribution in [0, 0.1) is 12.3 Å². The van der Waals surface area contributed by atoms with E-state index >= 15 is 0 Å². The first-order chi connectivity index (χ1) is 37.0. The molecule has 18 heteroatoms. The van der Waals surface area contributed by atoms with Gasteiger partial charge in [-0.05, 0) is 92.4 Å². The zero-order chi connectivity index (χ0) is 54.6. The number of benzene rings is 3. The molecule has 0 bridgehead atoms. The normalized spacial score (nSPS) is 18.9. The van der Waals surface area contributed by atoms with Crippen molar-refractivity contribution in [2.24, 2.45) is 5.41 Å². The number of nitrogens with one attached hydrogen (secondary N) is 2. The summed E-state index contributed by atoms with van der Waals surface area (Å²) >= 11 is 1.58. The number of ether oxygens (including phenoxy) is 1. The summed E-state index contributed by atoms with van der Waals surface area (Å²) in [5.74, 6) is 0.0955. The number of piperidine rings is 1. The number of amides is 4. The first kappa shape index (κ1) is 56.6. The zero-order valence-corrected chi connectivity index (χ0v) is 46.3. The van der Waals surface area contributed by atoms with Crippen molar-refractivity contribution in [3.8, 4) is 33.2 Å². The SMILES string of the molecule is Cc1ncsc1-c1ccc(C(C)NC(=O)[C@@H]2C[C@@H](O)CN2C(=O)C(NC(=O)CCCCCCCCC(=O)N2CCN(c3ccc(CN4CCCC(Oc5cc(-c6ccccc6O)nnc5N)C4)cc3)CC2)C(C)(C)C)cc1. The molecule has 0 saturated carbocycles. The standard InChI is InChI=1S/C59H78N10O7S/c1-39(42-22-24-43(25-23-42)54-40(2)61-38-77-54)62-57(74)49-33-45(70)36-69(49)58(75)55(59(3,4)5)63-52(72)18-10-8-6-7-9-11-19-53(73)68-31-29-67(30-32-68)44-26-20-41(21-27-44)35-66-28-14-15-46(37-66)76-51-34-48(64-65-56(51)60)47-16-12-13-17-50(47)71/h12-13,16-17,20-27,34,38-39,45-46,49,55,70-71H,6-11,14-15,18-19,28-33,35-37H2,1-5H3,(H2,60,65)(H,62,74)(H,63,72)/t39?,45-,46?,49+,55?/m1/s1. The molecule has 5 atom stereocenters. The molecule has 3 aromatic carbocycles. The number of hydrogen-bond donors (Lipinski definition) is 5. The van der Waals surface area contributed by atoms with Crippen LogP contribution in [0.1, 0.15) is 121 Å². The number of anilines is 2. The molecule has 5 aromatic rings. The molecular weight excluding hydrogens is 993 g/mol. The summed E-state index contributed by atoms with van der Waals surface area (Å²) < 4.78 is 6.37. The van der Waals surface area contributed by atoms with Crippen LogP contribution in [0.5, 0.6) is 11.5 Å². The molecule has 0 radical (unpaired) electrons. The van der Waals surface area contributed by atoms with Crippen molar-refractivity contribution in [2.45, 2.75) is 142 Å². The van der Waals surface area contributed by atoms with Gasteiger partial charge in [0.25, 0.3) is 0 Å². The van der Waals surface area contributed by atoms with Gasteiger partial charge < -0.3 is 46.0 Å². The van der Waals surface area contributed by atoms with Gasteiger partial charge in [0.1, 0.15) is 29.6 Å². The summed E-state index contributed by atoms with van der Waals surface area (Å²) in [5, 5.41) is 35.3. The number of hydrogen-bond acceptors (Lipinski definition) is 14. The van der Waals surface area contributed by atoms with Gasteiger partial charge in [-0.3, -0.25) is 24.1 Å². The van der Waals surface area contributed by atoms with Gasteiger partial charge in [0, 0.05) is 82.4 Å². The fourth-order valence-corrected chi connectivity index (χ4v) is 11.5. The van der Waals surface area contributed by atoms with Crippen LogP contribution in [0.4, 0.5) is 11.5 Å². The fourth-order valence-electron chi connectivity index (χ4n) is 10.7. The van der Waals surface area contributed by atoms with Gasteiger partial charge in [-0.2, -0.15) is 0 Å². The minimum Gasteiger partial charge on any atom is -0.507 e. The highest BCUT2D eigenvalue weighted by Gasteiger charge is 2.44. The molecule has 5 heterocycles. The molecule has 6 N–H and O–H groups in total. The van der Waals surface area contributed by atoms with Crippen molar-refractivity contribution in [1.29, 1.82) is 0 Å². The van der Waals surface area contributed by atoms with Crippen molar-refractivity contribution in [3.05, 3.63) is 101 Å². The number of carbonyl (C=O) groups is 4. The van der Waals surface area contributed by atoms with Gasteiger partial charge in [0.15, 0.2) is 11.6 Å². The van der Waals surface area contributed by atoms with Crippen LogP contribution in [0.2, 0.25) is 0 Å². The number of phenols is 1. The predicted octanol–water partition coefficient (Wildman–Crippen LogP) is 8.05. The highest BCUT2D eigenvalue weighted by Crippen LogP contribution is 2.33. The molecule has 412 valence electrons. The number of aromatic hydroxyl groups is 1. The van der Waals surface area contributed by atoms with Gasteiger partial charge in [0.2, 0.25) is 23.6 Å². The quantitative estimate of drug-likeness (QED) is 0.0440. The van der Waals surface area contributed by atoms with E-state index in [1.165, 1.54) is 10.5 Å². The summed E-state index contributed by atoms with van der Waals surface area (Å²) in [7, 11) is 0. The Balaban J connectivity index is 0.692. The Morgan fingerprint density at radius 2 is 1.56 bits per heavy atom. The number of nitrogen functional groups attached to an aromatic ring is 1. The maximum atomic E-state index is 14.1. The lowest BCUT2D eigenvalue weighted by atomic mass is 9.85. The maximum absolute atomic E-state index is 14.1. The Hall–Kier alpha value is -6.63. The predicted molar refractivity (Wildman–Crippen MR) is 301 cm³/mol. The third-order valence-electron chi connectivity index (χ3n) is 15.2. The summed E-state index contributed by atoms with van der Waals surface area (Å²) in [6.45, 7) is 15.1. The number of likely N-dealkylation sites (tertiary alicyclic amines) is 2. The van der Waals surface area contributed by atoms with Gasteiger partial charge >= 0.3 is 0 Å². The summed E-state index contributed by atoms with van der Waals surface area (Å²) in [4.78, 5) is 67.9. The summed E-state index contributed by atoms with van der Waals surface area (Å²) in [5.41, 5.74) is 13.8. The van der Waals surface area contributed by atoms with Crippen LogP contribution in [-0.4, -0.2) is 134 Å². The molecule has 8 rings (SSSR count). The zero-order valence-electron chi connectivity index (χ0n) is 45.5. The number of aromatic nitrogens is 3. The third-order valence-corrected chi connectivity index (χ3v) is 16.1. The van der Waals surface area contributed by atoms with Crippen molar-refractivity contribution in [3.63, 3.8) is 0 Å². The largest absolute Gasteiger partial charge is 0.507 e. The number of rotatable bonds is 21. The van der Waals surface area contributed by atoms with E-state index in [9.17, 15) is 29.4 Å². The molecule has 3 unspecified atom stereocenters. The smallest absolute Gasteiger partial charge is 0.246 e. The van der Waals surface area contributed by atoms with Gasteiger partial charge in [-0.1, -0.05) is 95.0 Å². The van der Waals surface area contributed by atoms with E-state index in [4.69, 9.17) is 10.5 Å². The topological polar surface area (TPSA) is 220 Å². The van der Waals surface area contributed by atoms with Crippen LogP contribution in [-0.2, 0) is 25.7 Å². The molecule has 3 fully saturated rings. The van der Waals surface area contributed by atoms with Crippen molar-refractivity contribution in [1.82, 2.24) is 40.5 Å². The van der Waals surface area contributed by atoms with E-state index in [-0.39, 0.29) is 66.7 Å². The third kappa shape index (κ3) is 15.1. The molecule has 0 aliphatic carbocycles. The van der Waals surface area contributed by atoms with Crippen molar-refractivity contribution < 1.29 is 34.1 Å². The Bertz CT molecular complexity index is 2780. The van der Waals surface area contributed by atoms with Gasteiger partial charge in [-0.15, -0.1) is 21.5 Å². The molecule has 3 saturated heterocycles. The van der Waals surface area contributed by atoms with Crippen molar-refractivity contribution >= 4 is 46.5 Å². The lowest BCUT2D eigenvalue weighted by molar-refractivity contribution is -0.144. The number of nitrogens with zero attached hydrogens (tertiary/aromatic N) is 7. The number of unbranched alkanes of at least 4 members (excludes halogenated alkanes) is 5. The van der Waals surface area contributed by atoms with Crippen LogP contribution >= 0.6 is 11.3 Å². The summed E-state index contributed by atoms with van der Waals surface area (Å²) in [6.07, 6.45) is 7.19. The Morgan fingerprint density at radius 1 is 0.857 bits per heavy atom. The molecule has 0 spiro atoms. The Labute approximate surface area is 457 Å². The first-order valence-electron chi connectivity index (χ1n) is 27.5. The number of aryl methyl sites for hydroxylation is 1. The number of carbonyl (C=O) groups excluding carboxylic acids is 4. The average Bonchev–Trinajstić information content (AvgIpc) is 4.05. The lowest BCUT2D eigenvalue weighted by Crippen LogP contribution is -2.57. The first-order valence-corrected chi connectivity index (χ1v) is 28.4. The molecule has 77 heavy (non-hydrogen) atoms. The fraction of sp³-hybridized carbons (Fsp3) is 0.508. The second kappa shape index (κ2) is 26.1. The van der Waals surface area contributed by atoms with E-state index in [1.54, 1.807) is 35.6 Å². The van der Waals surface area contributed by atoms with E-state index in [0.29, 0.717) is 42.9 Å². The molecule has 3 aliphatic rings. The Kier molecular flexibility index (Phi) is 19.2. The molecule has 3 aliphatic heterocycles. The Morgan fingerprint density at radius 3 is 2.25 bits per heavy atom. The highest BCUT2D eigenvalue weighted by molar-refractivity contribution is 7.13. The van der Waals surface area contributed by atoms with Crippen LogP contribution < -0.4 is 26.0 Å². The molecular formula is C59H78N10O7S. The molecule has 2 aromatic heterocycles. The second-order valence-electron chi connectivity index (χ2n) is 22.2. The number of β-amino-alcohol motifs (C(OH)–C–C–N with tert-alkyl or cyclic N) is 1. The van der Waals surface area contributed by atoms with Gasteiger partial charge in [-0.25, -0.2) is 4.98 Å². The number of aliphatic hydroxyl groups excluding tert-OH is 1. The van der Waals surface area contributed by atoms with Crippen LogP contribution in [0.15, 0.2) is 84.4 Å². The molecule has 17 nitrogen and oxygen atoms in total. The number of phenolic OH excluding ortho intramolecular Hbond substituents is 1. The minimum absolute atomic E-state index is 0.0197. The number of thiazole rings is 1. The van der Waals surface area contributed by atoms with E-state index in [2.05, 4.69) is 59.9 Å². The van der Waals surface area contributed by atoms with Crippen LogP contribution in [0.3, 0.4) is 0 Å². The van der Waals surface area contributed by atoms with E-state index in [1.807, 2.05) is 75.4 Å². The van der Waals surface area contributed by atoms with Crippen molar-refractivity contribution in [2.75, 3.05) is 56.4 Å². The van der Waals surface area contributed by atoms with Gasteiger partial charge in [0.05, 0.1) is 28.2 Å². The van der Waals surface area contributed by atoms with Crippen LogP contribution in [0.25, 0.3) is 21.7 Å². The summed E-state index contributed by atoms with van der Waals surface area (Å²) in [6, 6.07) is 23.4. The number of piperazine rings is 1. The average molecular weight is 1070 g/mol. The second-order valence-corrected chi connectivity index (χ2v) is 23.0. The van der Waals surface area contributed by atoms with E-state index < -0.39 is 23.6 Å². The highest BCUT2D eigenvalue weighted by atomic mass is 32.1. The number of aliphatic hydroxyl groups is 1. The number of para-hydroxylation sites is 1.